The number of H-pyrrole nitrogens is 1. The maximum absolute atomic E-state index is 5.30. The summed E-state index contributed by atoms with van der Waals surface area (Å²) < 4.78 is 0. The molecule has 0 unspecified atom stereocenters. The van der Waals surface area contributed by atoms with Crippen molar-refractivity contribution in [2.45, 2.75) is 19.3 Å². The summed E-state index contributed by atoms with van der Waals surface area (Å²) in [5.74, 6) is 0.772. The van der Waals surface area contributed by atoms with Gasteiger partial charge in [0.05, 0.1) is 0 Å². The lowest BCUT2D eigenvalue weighted by Gasteiger charge is -1.90. The quantitative estimate of drug-likeness (QED) is 0.630. The Morgan fingerprint density at radius 3 is 2.73 bits per heavy atom. The fourth-order valence-electron chi connectivity index (χ4n) is 0.716. The molecule has 1 aromatic heterocycles. The standard InChI is InChI=1S/C5H11N5.ClH/c6-4-2-1-3-5-7-9-10-8-5;/h1-4,6H2,(H,7,8,9,10);1H. The zero-order valence-corrected chi connectivity index (χ0v) is 6.97. The van der Waals surface area contributed by atoms with Crippen molar-refractivity contribution < 1.29 is 0 Å². The molecule has 3 N–H and O–H groups in total. The molecule has 0 atom stereocenters. The van der Waals surface area contributed by atoms with Gasteiger partial charge in [-0.15, -0.1) is 22.6 Å². The van der Waals surface area contributed by atoms with E-state index < -0.39 is 0 Å². The van der Waals surface area contributed by atoms with E-state index in [9.17, 15) is 0 Å². The van der Waals surface area contributed by atoms with Crippen molar-refractivity contribution in [2.24, 2.45) is 5.73 Å². The lowest BCUT2D eigenvalue weighted by atomic mass is 10.2. The Kier molecular flexibility index (Phi) is 5.68. The smallest absolute Gasteiger partial charge is 0.174 e. The highest BCUT2D eigenvalue weighted by atomic mass is 35.5. The van der Waals surface area contributed by atoms with Gasteiger partial charge in [-0.05, 0) is 19.4 Å². The highest BCUT2D eigenvalue weighted by Gasteiger charge is 1.95. The van der Waals surface area contributed by atoms with Crippen LogP contribution in [-0.2, 0) is 6.42 Å². The second-order valence-corrected chi connectivity index (χ2v) is 2.07. The highest BCUT2D eigenvalue weighted by molar-refractivity contribution is 5.85. The van der Waals surface area contributed by atoms with Crippen LogP contribution in [0.1, 0.15) is 18.7 Å². The fraction of sp³-hybridized carbons (Fsp3) is 0.800. The van der Waals surface area contributed by atoms with Gasteiger partial charge in [0, 0.05) is 6.42 Å². The van der Waals surface area contributed by atoms with Gasteiger partial charge in [0.2, 0.25) is 0 Å². The Bertz CT molecular complexity index is 163. The number of aromatic nitrogens is 4. The van der Waals surface area contributed by atoms with Crippen LogP contribution in [0.3, 0.4) is 0 Å². The van der Waals surface area contributed by atoms with Gasteiger partial charge in [-0.2, -0.15) is 5.21 Å². The molecule has 11 heavy (non-hydrogen) atoms. The third-order valence-corrected chi connectivity index (χ3v) is 1.24. The first-order chi connectivity index (χ1) is 4.93. The summed E-state index contributed by atoms with van der Waals surface area (Å²) in [6.07, 6.45) is 2.93. The molecule has 0 aliphatic heterocycles. The average Bonchev–Trinajstić information content (AvgIpc) is 2.41. The molecule has 0 aromatic carbocycles. The molecule has 1 heterocycles. The second kappa shape index (κ2) is 6.06. The summed E-state index contributed by atoms with van der Waals surface area (Å²) in [5.41, 5.74) is 5.30. The van der Waals surface area contributed by atoms with Crippen molar-refractivity contribution >= 4 is 12.4 Å². The molecule has 0 amide bonds. The summed E-state index contributed by atoms with van der Waals surface area (Å²) in [7, 11) is 0. The third-order valence-electron chi connectivity index (χ3n) is 1.24. The summed E-state index contributed by atoms with van der Waals surface area (Å²) >= 11 is 0. The molecule has 0 aliphatic carbocycles. The zero-order chi connectivity index (χ0) is 7.23. The molecular formula is C5H12ClN5. The largest absolute Gasteiger partial charge is 0.330 e. The van der Waals surface area contributed by atoms with Crippen LogP contribution in [0, 0.1) is 0 Å². The van der Waals surface area contributed by atoms with Crippen LogP contribution >= 0.6 is 12.4 Å². The Balaban J connectivity index is 0.000001000. The van der Waals surface area contributed by atoms with Crippen LogP contribution in [0.4, 0.5) is 0 Å². The molecular weight excluding hydrogens is 166 g/mol. The van der Waals surface area contributed by atoms with Crippen molar-refractivity contribution in [3.05, 3.63) is 5.82 Å². The number of hydrogen-bond acceptors (Lipinski definition) is 4. The number of aromatic amines is 1. The predicted molar refractivity (Wildman–Crippen MR) is 43.4 cm³/mol. The van der Waals surface area contributed by atoms with Gasteiger partial charge < -0.3 is 5.73 Å². The van der Waals surface area contributed by atoms with E-state index in [4.69, 9.17) is 5.73 Å². The zero-order valence-electron chi connectivity index (χ0n) is 6.16. The number of nitrogens with one attached hydrogen (secondary N) is 1. The minimum atomic E-state index is 0. The van der Waals surface area contributed by atoms with Gasteiger partial charge in [0.25, 0.3) is 0 Å². The van der Waals surface area contributed by atoms with Gasteiger partial charge in [0.1, 0.15) is 0 Å². The lowest BCUT2D eigenvalue weighted by molar-refractivity contribution is 0.717. The molecule has 1 aromatic rings. The van der Waals surface area contributed by atoms with Crippen molar-refractivity contribution in [3.8, 4) is 0 Å². The van der Waals surface area contributed by atoms with Gasteiger partial charge in [-0.3, -0.25) is 0 Å². The van der Waals surface area contributed by atoms with Crippen molar-refractivity contribution in [1.29, 1.82) is 0 Å². The van der Waals surface area contributed by atoms with E-state index >= 15 is 0 Å². The van der Waals surface area contributed by atoms with Crippen LogP contribution < -0.4 is 5.73 Å². The van der Waals surface area contributed by atoms with E-state index in [1.165, 1.54) is 0 Å². The number of aryl methyl sites for hydroxylation is 1. The molecule has 0 radical (unpaired) electrons. The minimum Gasteiger partial charge on any atom is -0.330 e. The predicted octanol–water partition coefficient (Wildman–Crippen LogP) is -0.0971. The van der Waals surface area contributed by atoms with Crippen LogP contribution in [0.25, 0.3) is 0 Å². The molecule has 64 valence electrons. The number of rotatable bonds is 4. The molecule has 0 fully saturated rings. The normalized spacial score (nSPS) is 9.18. The Labute approximate surface area is 71.2 Å². The third kappa shape index (κ3) is 3.90. The van der Waals surface area contributed by atoms with Crippen LogP contribution in [0.5, 0.6) is 0 Å². The van der Waals surface area contributed by atoms with Gasteiger partial charge >= 0.3 is 0 Å². The van der Waals surface area contributed by atoms with Gasteiger partial charge in [0.15, 0.2) is 5.82 Å². The maximum Gasteiger partial charge on any atom is 0.174 e. The van der Waals surface area contributed by atoms with Crippen LogP contribution in [-0.4, -0.2) is 27.2 Å². The number of unbranched alkanes of at least 4 members (excludes halogenated alkanes) is 1. The molecule has 0 saturated heterocycles. The maximum atomic E-state index is 5.30. The monoisotopic (exact) mass is 177 g/mol. The topological polar surface area (TPSA) is 80.5 Å². The lowest BCUT2D eigenvalue weighted by Crippen LogP contribution is -1.99. The van der Waals surface area contributed by atoms with E-state index in [-0.39, 0.29) is 12.4 Å². The summed E-state index contributed by atoms with van der Waals surface area (Å²) in [6, 6.07) is 0. The minimum absolute atomic E-state index is 0. The van der Waals surface area contributed by atoms with Gasteiger partial charge in [-0.1, -0.05) is 5.21 Å². The Hall–Kier alpha value is -0.680. The average molecular weight is 178 g/mol. The van der Waals surface area contributed by atoms with Crippen LogP contribution in [0.15, 0.2) is 0 Å². The Morgan fingerprint density at radius 2 is 2.18 bits per heavy atom. The Morgan fingerprint density at radius 1 is 1.36 bits per heavy atom. The first-order valence-electron chi connectivity index (χ1n) is 3.36. The second-order valence-electron chi connectivity index (χ2n) is 2.07. The molecule has 0 saturated carbocycles. The number of hydrogen-bond donors (Lipinski definition) is 2. The number of nitrogens with two attached hydrogens (primary N) is 1. The van der Waals surface area contributed by atoms with Gasteiger partial charge in [-0.25, -0.2) is 0 Å². The molecule has 0 spiro atoms. The van der Waals surface area contributed by atoms with Crippen molar-refractivity contribution in [3.63, 3.8) is 0 Å². The van der Waals surface area contributed by atoms with E-state index in [1.807, 2.05) is 0 Å². The van der Waals surface area contributed by atoms with E-state index in [1.54, 1.807) is 0 Å². The van der Waals surface area contributed by atoms with E-state index in [0.717, 1.165) is 31.6 Å². The SMILES string of the molecule is Cl.NCCCCc1nn[nH]n1. The molecule has 0 bridgehead atoms. The first-order valence-corrected chi connectivity index (χ1v) is 3.36. The molecule has 1 rings (SSSR count). The summed E-state index contributed by atoms with van der Waals surface area (Å²) in [4.78, 5) is 0. The van der Waals surface area contributed by atoms with Crippen LogP contribution in [0.2, 0.25) is 0 Å². The number of halogens is 1. The van der Waals surface area contributed by atoms with E-state index in [0.29, 0.717) is 0 Å². The molecule has 5 nitrogen and oxygen atoms in total. The molecule has 0 aliphatic rings. The highest BCUT2D eigenvalue weighted by Crippen LogP contribution is 1.93. The number of nitrogens with zero attached hydrogens (tertiary/aromatic N) is 3. The fourth-order valence-corrected chi connectivity index (χ4v) is 0.716. The first kappa shape index (κ1) is 10.3. The molecule has 6 heteroatoms. The van der Waals surface area contributed by atoms with E-state index in [2.05, 4.69) is 20.6 Å². The van der Waals surface area contributed by atoms with Crippen molar-refractivity contribution in [2.75, 3.05) is 6.54 Å². The van der Waals surface area contributed by atoms with Crippen molar-refractivity contribution in [1.82, 2.24) is 20.6 Å². The summed E-state index contributed by atoms with van der Waals surface area (Å²) in [6.45, 7) is 0.734. The number of tetrazole rings is 1. The summed E-state index contributed by atoms with van der Waals surface area (Å²) in [5, 5.41) is 13.4.